The predicted molar refractivity (Wildman–Crippen MR) is 88.1 cm³/mol. The van der Waals surface area contributed by atoms with Gasteiger partial charge in [0, 0.05) is 17.3 Å². The van der Waals surface area contributed by atoms with Gasteiger partial charge < -0.3 is 4.74 Å². The highest BCUT2D eigenvalue weighted by molar-refractivity contribution is 9.10. The van der Waals surface area contributed by atoms with Crippen LogP contribution in [0.3, 0.4) is 0 Å². The largest absolute Gasteiger partial charge is 0.486 e. The zero-order valence-corrected chi connectivity index (χ0v) is 13.6. The van der Waals surface area contributed by atoms with Gasteiger partial charge in [-0.15, -0.1) is 0 Å². The number of rotatable bonds is 4. The van der Waals surface area contributed by atoms with Gasteiger partial charge in [-0.1, -0.05) is 36.4 Å². The van der Waals surface area contributed by atoms with Gasteiger partial charge in [-0.05, 0) is 39.7 Å². The maximum absolute atomic E-state index is 14.3. The molecule has 0 fully saturated rings. The average Bonchev–Trinajstić information content (AvgIpc) is 2.58. The lowest BCUT2D eigenvalue weighted by Crippen LogP contribution is -2.00. The molecule has 0 aliphatic rings. The molecule has 2 aromatic carbocycles. The van der Waals surface area contributed by atoms with Gasteiger partial charge >= 0.3 is 0 Å². The molecule has 0 amide bonds. The summed E-state index contributed by atoms with van der Waals surface area (Å²) in [5, 5.41) is 0. The van der Waals surface area contributed by atoms with Crippen molar-refractivity contribution in [2.24, 2.45) is 0 Å². The average molecular weight is 376 g/mol. The van der Waals surface area contributed by atoms with E-state index < -0.39 is 11.6 Å². The molecule has 0 radical (unpaired) electrons. The summed E-state index contributed by atoms with van der Waals surface area (Å²) in [6.45, 7) is 0.177. The molecule has 0 aliphatic carbocycles. The van der Waals surface area contributed by atoms with Crippen molar-refractivity contribution < 1.29 is 13.5 Å². The highest BCUT2D eigenvalue weighted by atomic mass is 79.9. The van der Waals surface area contributed by atoms with Crippen LogP contribution in [0.4, 0.5) is 8.78 Å². The first-order chi connectivity index (χ1) is 11.1. The molecule has 3 rings (SSSR count). The molecule has 116 valence electrons. The summed E-state index contributed by atoms with van der Waals surface area (Å²) in [5.74, 6) is -2.05. The number of aromatic nitrogens is 1. The van der Waals surface area contributed by atoms with E-state index in [1.165, 1.54) is 18.3 Å². The number of halogens is 3. The Labute approximate surface area is 140 Å². The summed E-state index contributed by atoms with van der Waals surface area (Å²) in [7, 11) is 0. The van der Waals surface area contributed by atoms with Crippen LogP contribution in [0.25, 0.3) is 11.1 Å². The normalized spacial score (nSPS) is 10.6. The van der Waals surface area contributed by atoms with Crippen molar-refractivity contribution in [1.29, 1.82) is 0 Å². The monoisotopic (exact) mass is 375 g/mol. The van der Waals surface area contributed by atoms with Crippen molar-refractivity contribution in [3.8, 4) is 16.9 Å². The van der Waals surface area contributed by atoms with Gasteiger partial charge in [0.15, 0.2) is 11.6 Å². The lowest BCUT2D eigenvalue weighted by atomic mass is 10.1. The molecule has 0 aliphatic heterocycles. The minimum atomic E-state index is -0.999. The second kappa shape index (κ2) is 6.87. The minimum absolute atomic E-state index is 0.111. The van der Waals surface area contributed by atoms with Crippen molar-refractivity contribution in [1.82, 2.24) is 4.98 Å². The Morgan fingerprint density at radius 1 is 0.913 bits per heavy atom. The molecule has 1 heterocycles. The Morgan fingerprint density at radius 3 is 2.39 bits per heavy atom. The van der Waals surface area contributed by atoms with E-state index in [1.807, 2.05) is 30.3 Å². The quantitative estimate of drug-likeness (QED) is 0.572. The number of ether oxygens (including phenoxy) is 1. The van der Waals surface area contributed by atoms with E-state index in [0.29, 0.717) is 10.2 Å². The SMILES string of the molecule is Fc1c(OCc2ccccc2)ccc(-c2ccc(Br)nc2)c1F. The second-order valence-electron chi connectivity index (χ2n) is 4.88. The molecular weight excluding hydrogens is 364 g/mol. The maximum atomic E-state index is 14.3. The number of hydrogen-bond acceptors (Lipinski definition) is 2. The Hall–Kier alpha value is -2.27. The van der Waals surface area contributed by atoms with Crippen LogP contribution in [0.1, 0.15) is 5.56 Å². The topological polar surface area (TPSA) is 22.1 Å². The lowest BCUT2D eigenvalue weighted by Gasteiger charge is -2.10. The maximum Gasteiger partial charge on any atom is 0.201 e. The first kappa shape index (κ1) is 15.6. The molecule has 5 heteroatoms. The summed E-state index contributed by atoms with van der Waals surface area (Å²) in [4.78, 5) is 4.02. The van der Waals surface area contributed by atoms with Crippen LogP contribution < -0.4 is 4.74 Å². The summed E-state index contributed by atoms with van der Waals surface area (Å²) in [6.07, 6.45) is 1.48. The molecule has 2 nitrogen and oxygen atoms in total. The zero-order chi connectivity index (χ0) is 16.2. The van der Waals surface area contributed by atoms with Gasteiger partial charge in [-0.3, -0.25) is 0 Å². The van der Waals surface area contributed by atoms with E-state index in [2.05, 4.69) is 20.9 Å². The van der Waals surface area contributed by atoms with Gasteiger partial charge in [0.2, 0.25) is 5.82 Å². The third-order valence-electron chi connectivity index (χ3n) is 3.32. The van der Waals surface area contributed by atoms with Gasteiger partial charge in [-0.2, -0.15) is 4.39 Å². The van der Waals surface area contributed by atoms with E-state index in [0.717, 1.165) is 5.56 Å². The van der Waals surface area contributed by atoms with Crippen molar-refractivity contribution >= 4 is 15.9 Å². The molecule has 0 bridgehead atoms. The number of benzene rings is 2. The van der Waals surface area contributed by atoms with Gasteiger partial charge in [0.05, 0.1) is 0 Å². The first-order valence-corrected chi connectivity index (χ1v) is 7.71. The van der Waals surface area contributed by atoms with Crippen LogP contribution in [0.5, 0.6) is 5.75 Å². The van der Waals surface area contributed by atoms with Gasteiger partial charge in [0.1, 0.15) is 11.2 Å². The van der Waals surface area contributed by atoms with Crippen LogP contribution in [-0.2, 0) is 6.61 Å². The molecule has 0 saturated heterocycles. The van der Waals surface area contributed by atoms with E-state index in [1.54, 1.807) is 12.1 Å². The van der Waals surface area contributed by atoms with Crippen LogP contribution in [0.2, 0.25) is 0 Å². The molecule has 23 heavy (non-hydrogen) atoms. The molecule has 0 atom stereocenters. The smallest absolute Gasteiger partial charge is 0.201 e. The van der Waals surface area contributed by atoms with E-state index >= 15 is 0 Å². The van der Waals surface area contributed by atoms with Crippen LogP contribution >= 0.6 is 15.9 Å². The Kier molecular flexibility index (Phi) is 4.67. The van der Waals surface area contributed by atoms with Gasteiger partial charge in [0.25, 0.3) is 0 Å². The fourth-order valence-electron chi connectivity index (χ4n) is 2.14. The highest BCUT2D eigenvalue weighted by Gasteiger charge is 2.16. The fourth-order valence-corrected chi connectivity index (χ4v) is 2.37. The van der Waals surface area contributed by atoms with Crippen molar-refractivity contribution in [2.45, 2.75) is 6.61 Å². The summed E-state index contributed by atoms with van der Waals surface area (Å²) in [5.41, 5.74) is 1.53. The van der Waals surface area contributed by atoms with Crippen molar-refractivity contribution in [3.63, 3.8) is 0 Å². The van der Waals surface area contributed by atoms with Gasteiger partial charge in [-0.25, -0.2) is 9.37 Å². The Morgan fingerprint density at radius 2 is 1.70 bits per heavy atom. The minimum Gasteiger partial charge on any atom is -0.486 e. The third kappa shape index (κ3) is 3.56. The van der Waals surface area contributed by atoms with Crippen molar-refractivity contribution in [3.05, 3.63) is 82.6 Å². The van der Waals surface area contributed by atoms with Crippen LogP contribution in [0.15, 0.2) is 65.4 Å². The zero-order valence-electron chi connectivity index (χ0n) is 12.0. The highest BCUT2D eigenvalue weighted by Crippen LogP contribution is 2.30. The molecule has 1 aromatic heterocycles. The van der Waals surface area contributed by atoms with Crippen LogP contribution in [0, 0.1) is 11.6 Å². The Balaban J connectivity index is 1.84. The molecule has 0 saturated carbocycles. The van der Waals surface area contributed by atoms with E-state index in [-0.39, 0.29) is 17.9 Å². The Bertz CT molecular complexity index is 807. The molecule has 3 aromatic rings. The summed E-state index contributed by atoms with van der Waals surface area (Å²) in [6, 6.07) is 15.6. The summed E-state index contributed by atoms with van der Waals surface area (Å²) >= 11 is 3.21. The standard InChI is InChI=1S/C18H12BrF2NO/c19-16-9-6-13(10-22-16)14-7-8-15(18(21)17(14)20)23-11-12-4-2-1-3-5-12/h1-10H,11H2. The molecule has 0 spiro atoms. The fraction of sp³-hybridized carbons (Fsp3) is 0.0556. The molecule has 0 unspecified atom stereocenters. The first-order valence-electron chi connectivity index (χ1n) is 6.92. The molecule has 0 N–H and O–H groups in total. The summed E-state index contributed by atoms with van der Waals surface area (Å²) < 4.78 is 34.5. The predicted octanol–water partition coefficient (Wildman–Crippen LogP) is 5.37. The number of hydrogen-bond donors (Lipinski definition) is 0. The lowest BCUT2D eigenvalue weighted by molar-refractivity contribution is 0.285. The number of nitrogens with zero attached hydrogens (tertiary/aromatic N) is 1. The van der Waals surface area contributed by atoms with Crippen molar-refractivity contribution in [2.75, 3.05) is 0 Å². The van der Waals surface area contributed by atoms with Crippen LogP contribution in [-0.4, -0.2) is 4.98 Å². The van der Waals surface area contributed by atoms with E-state index in [9.17, 15) is 8.78 Å². The molecular formula is C18H12BrF2NO. The van der Waals surface area contributed by atoms with E-state index in [4.69, 9.17) is 4.74 Å². The number of pyridine rings is 1. The second-order valence-corrected chi connectivity index (χ2v) is 5.70. The third-order valence-corrected chi connectivity index (χ3v) is 3.79.